The Labute approximate surface area is 114 Å². The fourth-order valence-corrected chi connectivity index (χ4v) is 3.32. The third kappa shape index (κ3) is 2.21. The van der Waals surface area contributed by atoms with Crippen LogP contribution in [0.1, 0.15) is 37.7 Å². The summed E-state index contributed by atoms with van der Waals surface area (Å²) in [5, 5.41) is 9.22. The predicted molar refractivity (Wildman–Crippen MR) is 75.1 cm³/mol. The molecule has 3 nitrogen and oxygen atoms in total. The number of hydrogen-bond acceptors (Lipinski definition) is 3. The second kappa shape index (κ2) is 4.86. The fraction of sp³-hybridized carbons (Fsp3) is 0.562. The Hall–Kier alpha value is -1.53. The van der Waals surface area contributed by atoms with Crippen LogP contribution in [0.3, 0.4) is 0 Å². The van der Waals surface area contributed by atoms with E-state index in [2.05, 4.69) is 18.0 Å². The molecule has 1 unspecified atom stereocenters. The van der Waals surface area contributed by atoms with Gasteiger partial charge in [0.2, 0.25) is 0 Å². The van der Waals surface area contributed by atoms with Gasteiger partial charge in [0.25, 0.3) is 0 Å². The number of nitriles is 1. The summed E-state index contributed by atoms with van der Waals surface area (Å²) in [5.41, 5.74) is 1.96. The van der Waals surface area contributed by atoms with Crippen molar-refractivity contribution < 1.29 is 4.74 Å². The second-order valence-electron chi connectivity index (χ2n) is 5.77. The normalized spacial score (nSPS) is 24.5. The molecule has 1 atom stereocenters. The van der Waals surface area contributed by atoms with E-state index in [-0.39, 0.29) is 5.60 Å². The number of benzene rings is 1. The van der Waals surface area contributed by atoms with Gasteiger partial charge in [-0.05, 0) is 44.2 Å². The van der Waals surface area contributed by atoms with E-state index in [4.69, 9.17) is 4.74 Å². The highest BCUT2D eigenvalue weighted by Crippen LogP contribution is 2.43. The van der Waals surface area contributed by atoms with Crippen molar-refractivity contribution >= 4 is 5.69 Å². The van der Waals surface area contributed by atoms with Crippen LogP contribution >= 0.6 is 0 Å². The molecule has 2 fully saturated rings. The molecule has 1 aromatic rings. The van der Waals surface area contributed by atoms with E-state index in [0.29, 0.717) is 6.04 Å². The zero-order valence-electron chi connectivity index (χ0n) is 11.4. The highest BCUT2D eigenvalue weighted by atomic mass is 16.5. The van der Waals surface area contributed by atoms with Gasteiger partial charge in [0.05, 0.1) is 16.9 Å². The Bertz CT molecular complexity index is 502. The zero-order valence-corrected chi connectivity index (χ0v) is 11.4. The molecule has 1 aromatic carbocycles. The lowest BCUT2D eigenvalue weighted by atomic mass is 9.73. The SMILES string of the molecule is CN(c1ccccc1C#N)C1CCOC2(CCC2)C1. The summed E-state index contributed by atoms with van der Waals surface area (Å²) in [7, 11) is 2.11. The number of ether oxygens (including phenoxy) is 1. The molecule has 1 aliphatic carbocycles. The van der Waals surface area contributed by atoms with Crippen molar-refractivity contribution in [3.05, 3.63) is 29.8 Å². The van der Waals surface area contributed by atoms with Gasteiger partial charge in [-0.15, -0.1) is 0 Å². The maximum Gasteiger partial charge on any atom is 0.101 e. The van der Waals surface area contributed by atoms with Crippen molar-refractivity contribution in [1.29, 1.82) is 5.26 Å². The van der Waals surface area contributed by atoms with Gasteiger partial charge in [-0.3, -0.25) is 0 Å². The van der Waals surface area contributed by atoms with Crippen molar-refractivity contribution in [1.82, 2.24) is 0 Å². The molecule has 0 N–H and O–H groups in total. The van der Waals surface area contributed by atoms with Crippen LogP contribution in [0.25, 0.3) is 0 Å². The largest absolute Gasteiger partial charge is 0.375 e. The van der Waals surface area contributed by atoms with E-state index < -0.39 is 0 Å². The first-order valence-electron chi connectivity index (χ1n) is 7.10. The van der Waals surface area contributed by atoms with E-state index in [9.17, 15) is 5.26 Å². The van der Waals surface area contributed by atoms with Gasteiger partial charge < -0.3 is 9.64 Å². The third-order valence-corrected chi connectivity index (χ3v) is 4.68. The fourth-order valence-electron chi connectivity index (χ4n) is 3.32. The molecule has 1 heterocycles. The van der Waals surface area contributed by atoms with Crippen LogP contribution in [0.5, 0.6) is 0 Å². The molecule has 100 valence electrons. The second-order valence-corrected chi connectivity index (χ2v) is 5.77. The first-order valence-corrected chi connectivity index (χ1v) is 7.10. The highest BCUT2D eigenvalue weighted by Gasteiger charge is 2.43. The Balaban J connectivity index is 1.79. The van der Waals surface area contributed by atoms with Crippen molar-refractivity contribution in [2.45, 2.75) is 43.7 Å². The minimum atomic E-state index is 0.152. The van der Waals surface area contributed by atoms with Crippen LogP contribution in [-0.4, -0.2) is 25.3 Å². The van der Waals surface area contributed by atoms with Crippen LogP contribution in [0, 0.1) is 11.3 Å². The molecule has 1 aliphatic heterocycles. The van der Waals surface area contributed by atoms with Crippen LogP contribution in [0.4, 0.5) is 5.69 Å². The average Bonchev–Trinajstić information content (AvgIpc) is 2.45. The third-order valence-electron chi connectivity index (χ3n) is 4.68. The molecule has 0 amide bonds. The van der Waals surface area contributed by atoms with Crippen molar-refractivity contribution in [2.24, 2.45) is 0 Å². The van der Waals surface area contributed by atoms with Crippen LogP contribution < -0.4 is 4.90 Å². The standard InChI is InChI=1S/C16H20N2O/c1-18(15-6-3-2-5-13(15)12-17)14-7-10-19-16(11-14)8-4-9-16/h2-3,5-6,14H,4,7-11H2,1H3. The Morgan fingerprint density at radius 2 is 2.16 bits per heavy atom. The van der Waals surface area contributed by atoms with Gasteiger partial charge in [-0.2, -0.15) is 5.26 Å². The summed E-state index contributed by atoms with van der Waals surface area (Å²) >= 11 is 0. The molecule has 1 spiro atoms. The molecule has 0 radical (unpaired) electrons. The van der Waals surface area contributed by atoms with Gasteiger partial charge in [-0.1, -0.05) is 12.1 Å². The average molecular weight is 256 g/mol. The molecule has 2 aliphatic rings. The van der Waals surface area contributed by atoms with E-state index in [1.807, 2.05) is 24.3 Å². The molecule has 19 heavy (non-hydrogen) atoms. The van der Waals surface area contributed by atoms with E-state index in [1.54, 1.807) is 0 Å². The topological polar surface area (TPSA) is 36.3 Å². The zero-order chi connectivity index (χ0) is 13.3. The van der Waals surface area contributed by atoms with E-state index in [1.165, 1.54) is 19.3 Å². The number of hydrogen-bond donors (Lipinski definition) is 0. The lowest BCUT2D eigenvalue weighted by molar-refractivity contribution is -0.132. The lowest BCUT2D eigenvalue weighted by Gasteiger charge is -2.49. The number of anilines is 1. The monoisotopic (exact) mass is 256 g/mol. The van der Waals surface area contributed by atoms with Gasteiger partial charge in [0.15, 0.2) is 0 Å². The minimum Gasteiger partial charge on any atom is -0.375 e. The highest BCUT2D eigenvalue weighted by molar-refractivity contribution is 5.59. The Morgan fingerprint density at radius 3 is 2.84 bits per heavy atom. The lowest BCUT2D eigenvalue weighted by Crippen LogP contribution is -2.51. The molecule has 0 aromatic heterocycles. The number of para-hydroxylation sites is 1. The molecule has 3 rings (SSSR count). The summed E-state index contributed by atoms with van der Waals surface area (Å²) < 4.78 is 5.98. The van der Waals surface area contributed by atoms with Gasteiger partial charge in [-0.25, -0.2) is 0 Å². The summed E-state index contributed by atoms with van der Waals surface area (Å²) in [4.78, 5) is 2.28. The smallest absolute Gasteiger partial charge is 0.101 e. The number of rotatable bonds is 2. The summed E-state index contributed by atoms with van der Waals surface area (Å²) in [5.74, 6) is 0. The maximum absolute atomic E-state index is 9.22. The number of nitrogens with zero attached hydrogens (tertiary/aromatic N) is 2. The summed E-state index contributed by atoms with van der Waals surface area (Å²) in [6, 6.07) is 10.6. The maximum atomic E-state index is 9.22. The van der Waals surface area contributed by atoms with Gasteiger partial charge >= 0.3 is 0 Å². The molecule has 1 saturated carbocycles. The van der Waals surface area contributed by atoms with Crippen molar-refractivity contribution in [3.63, 3.8) is 0 Å². The molecule has 3 heteroatoms. The molecular weight excluding hydrogens is 236 g/mol. The summed E-state index contributed by atoms with van der Waals surface area (Å²) in [6.07, 6.45) is 5.86. The quantitative estimate of drug-likeness (QED) is 0.815. The van der Waals surface area contributed by atoms with Gasteiger partial charge in [0, 0.05) is 19.7 Å². The van der Waals surface area contributed by atoms with Gasteiger partial charge in [0.1, 0.15) is 6.07 Å². The molecular formula is C16H20N2O. The predicted octanol–water partition coefficient (Wildman–Crippen LogP) is 3.10. The Kier molecular flexibility index (Phi) is 3.20. The van der Waals surface area contributed by atoms with E-state index in [0.717, 1.165) is 30.7 Å². The molecule has 1 saturated heterocycles. The molecule has 0 bridgehead atoms. The summed E-state index contributed by atoms with van der Waals surface area (Å²) in [6.45, 7) is 0.851. The van der Waals surface area contributed by atoms with Crippen molar-refractivity contribution in [2.75, 3.05) is 18.6 Å². The van der Waals surface area contributed by atoms with Crippen LogP contribution in [0.15, 0.2) is 24.3 Å². The first kappa shape index (κ1) is 12.5. The van der Waals surface area contributed by atoms with E-state index >= 15 is 0 Å². The van der Waals surface area contributed by atoms with Crippen LogP contribution in [-0.2, 0) is 4.74 Å². The van der Waals surface area contributed by atoms with Crippen molar-refractivity contribution in [3.8, 4) is 6.07 Å². The first-order chi connectivity index (χ1) is 9.24. The van der Waals surface area contributed by atoms with Crippen LogP contribution in [0.2, 0.25) is 0 Å². The Morgan fingerprint density at radius 1 is 1.37 bits per heavy atom. The minimum absolute atomic E-state index is 0.152.